The molecule has 0 aromatic carbocycles. The van der Waals surface area contributed by atoms with Gasteiger partial charge in [-0.1, -0.05) is 141 Å². The van der Waals surface area contributed by atoms with Crippen molar-refractivity contribution in [1.82, 2.24) is 0 Å². The largest absolute Gasteiger partial charge is 0.481 e. The van der Waals surface area contributed by atoms with Crippen LogP contribution < -0.4 is 0 Å². The molecule has 0 bridgehead atoms. The molecular weight excluding hydrogens is 706 g/mol. The van der Waals surface area contributed by atoms with Gasteiger partial charge in [-0.05, 0) is 64.2 Å². The lowest BCUT2D eigenvalue weighted by atomic mass is 10.1. The summed E-state index contributed by atoms with van der Waals surface area (Å²) in [4.78, 5) is 52.2. The normalized spacial score (nSPS) is 13.9. The van der Waals surface area contributed by atoms with E-state index in [1.165, 1.54) is 77.0 Å². The second kappa shape index (κ2) is 35.4. The summed E-state index contributed by atoms with van der Waals surface area (Å²) in [5.41, 5.74) is 0. The van der Waals surface area contributed by atoms with Crippen molar-refractivity contribution in [1.29, 1.82) is 0 Å². The summed E-state index contributed by atoms with van der Waals surface area (Å²) in [7, 11) is -10.5. The van der Waals surface area contributed by atoms with Crippen LogP contribution >= 0.6 is 15.6 Å². The van der Waals surface area contributed by atoms with Crippen molar-refractivity contribution in [3.8, 4) is 0 Å². The quantitative estimate of drug-likeness (QED) is 0.0236. The van der Waals surface area contributed by atoms with E-state index in [-0.39, 0.29) is 12.8 Å². The van der Waals surface area contributed by atoms with Crippen LogP contribution in [0.2, 0.25) is 0 Å². The number of ether oxygens (including phenoxy) is 2. The van der Waals surface area contributed by atoms with E-state index in [4.69, 9.17) is 19.3 Å². The van der Waals surface area contributed by atoms with Crippen LogP contribution in [0.4, 0.5) is 0 Å². The minimum Gasteiger partial charge on any atom is -0.462 e. The number of esters is 2. The van der Waals surface area contributed by atoms with Crippen LogP contribution in [0.1, 0.15) is 194 Å². The molecule has 3 N–H and O–H groups in total. The van der Waals surface area contributed by atoms with Crippen molar-refractivity contribution < 1.29 is 51.7 Å². The van der Waals surface area contributed by atoms with Gasteiger partial charge in [-0.3, -0.25) is 14.1 Å². The second-order valence-electron chi connectivity index (χ2n) is 13.8. The van der Waals surface area contributed by atoms with Gasteiger partial charge in [0.05, 0.1) is 6.61 Å². The fourth-order valence-corrected chi connectivity index (χ4v) is 7.25. The van der Waals surface area contributed by atoms with Crippen LogP contribution in [0.15, 0.2) is 24.3 Å². The first-order chi connectivity index (χ1) is 25.0. The highest BCUT2D eigenvalue weighted by Crippen LogP contribution is 2.57. The third-order valence-electron chi connectivity index (χ3n) is 8.65. The first-order valence-electron chi connectivity index (χ1n) is 20.4. The summed E-state index contributed by atoms with van der Waals surface area (Å²) in [5.74, 6) is -1.10. The van der Waals surface area contributed by atoms with Gasteiger partial charge in [0.15, 0.2) is 6.10 Å². The molecule has 0 aliphatic heterocycles. The fourth-order valence-electron chi connectivity index (χ4n) is 5.63. The topological polar surface area (TPSA) is 166 Å². The summed E-state index contributed by atoms with van der Waals surface area (Å²) >= 11 is 0. The summed E-state index contributed by atoms with van der Waals surface area (Å²) in [6.45, 7) is 3.27. The molecule has 0 rings (SSSR count). The maximum absolute atomic E-state index is 12.5. The predicted molar refractivity (Wildman–Crippen MR) is 209 cm³/mol. The molecule has 0 aromatic heterocycles. The molecule has 2 unspecified atom stereocenters. The molecule has 0 heterocycles. The van der Waals surface area contributed by atoms with Gasteiger partial charge in [0.2, 0.25) is 0 Å². The standard InChI is InChI=1S/C39H74O11P2/c1-3-5-7-9-11-13-15-17-19-21-23-25-27-29-31-33-38(40)47-35-37(36-48-52(45,46)50-51(42,43)44)49-39(41)34-32-30-28-26-24-22-20-18-16-14-12-10-8-6-4-2/h17-20,37H,3-16,21-36H2,1-2H3,(H,45,46)(H2,42,43,44)/b19-17+,20-18+. The Labute approximate surface area is 315 Å². The van der Waals surface area contributed by atoms with Gasteiger partial charge in [-0.15, -0.1) is 0 Å². The fraction of sp³-hybridized carbons (Fsp3) is 0.846. The van der Waals surface area contributed by atoms with Crippen LogP contribution in [-0.4, -0.2) is 45.9 Å². The van der Waals surface area contributed by atoms with Crippen molar-refractivity contribution >= 4 is 27.6 Å². The summed E-state index contributed by atoms with van der Waals surface area (Å²) in [5, 5.41) is 0. The van der Waals surface area contributed by atoms with Crippen molar-refractivity contribution in [2.24, 2.45) is 0 Å². The maximum Gasteiger partial charge on any atom is 0.481 e. The Bertz CT molecular complexity index is 1010. The van der Waals surface area contributed by atoms with Crippen LogP contribution in [0, 0.1) is 0 Å². The lowest BCUT2D eigenvalue weighted by Gasteiger charge is -2.20. The molecule has 306 valence electrons. The van der Waals surface area contributed by atoms with Crippen LogP contribution in [0.5, 0.6) is 0 Å². The molecule has 52 heavy (non-hydrogen) atoms. The Morgan fingerprint density at radius 3 is 1.29 bits per heavy atom. The summed E-state index contributed by atoms with van der Waals surface area (Å²) < 4.78 is 41.9. The Hall–Kier alpha value is -1.32. The SMILES string of the molecule is CCCCCCCC/C=C/CCCCCCCC(=O)OCC(COP(=O)(O)OP(=O)(O)O)OC(=O)CCCCCCC/C=C/CCCCCCCC. The van der Waals surface area contributed by atoms with E-state index in [1.54, 1.807) is 0 Å². The van der Waals surface area contributed by atoms with E-state index >= 15 is 0 Å². The molecule has 13 heteroatoms. The molecule has 0 fully saturated rings. The predicted octanol–water partition coefficient (Wildman–Crippen LogP) is 11.7. The lowest BCUT2D eigenvalue weighted by molar-refractivity contribution is -0.161. The molecule has 0 saturated carbocycles. The Balaban J connectivity index is 4.30. The van der Waals surface area contributed by atoms with Crippen molar-refractivity contribution in [3.05, 3.63) is 24.3 Å². The van der Waals surface area contributed by atoms with Gasteiger partial charge in [-0.25, -0.2) is 9.13 Å². The van der Waals surface area contributed by atoms with Crippen molar-refractivity contribution in [2.45, 2.75) is 200 Å². The average molecular weight is 781 g/mol. The first-order valence-corrected chi connectivity index (χ1v) is 23.4. The number of rotatable bonds is 38. The van der Waals surface area contributed by atoms with Crippen LogP contribution in [0.3, 0.4) is 0 Å². The molecule has 0 spiro atoms. The number of phosphoric ester groups is 1. The summed E-state index contributed by atoms with van der Waals surface area (Å²) in [6.07, 6.45) is 37.5. The highest BCUT2D eigenvalue weighted by molar-refractivity contribution is 7.60. The molecule has 0 aromatic rings. The third-order valence-corrected chi connectivity index (χ3v) is 10.8. The van der Waals surface area contributed by atoms with Gasteiger partial charge in [0.25, 0.3) is 0 Å². The number of allylic oxidation sites excluding steroid dienone is 4. The van der Waals surface area contributed by atoms with E-state index in [0.29, 0.717) is 12.8 Å². The smallest absolute Gasteiger partial charge is 0.462 e. The van der Waals surface area contributed by atoms with Crippen molar-refractivity contribution in [2.75, 3.05) is 13.2 Å². The Kier molecular flexibility index (Phi) is 34.5. The third kappa shape index (κ3) is 38.4. The van der Waals surface area contributed by atoms with Gasteiger partial charge < -0.3 is 24.2 Å². The molecule has 11 nitrogen and oxygen atoms in total. The lowest BCUT2D eigenvalue weighted by Crippen LogP contribution is -2.29. The minimum atomic E-state index is -5.32. The van der Waals surface area contributed by atoms with E-state index < -0.39 is 46.9 Å². The molecule has 2 atom stereocenters. The molecular formula is C39H74O11P2. The number of hydrogen-bond acceptors (Lipinski definition) is 8. The highest BCUT2D eigenvalue weighted by Gasteiger charge is 2.34. The number of phosphoric acid groups is 2. The van der Waals surface area contributed by atoms with Crippen molar-refractivity contribution in [3.63, 3.8) is 0 Å². The second-order valence-corrected chi connectivity index (χ2v) is 16.6. The minimum absolute atomic E-state index is 0.104. The first kappa shape index (κ1) is 50.7. The Morgan fingerprint density at radius 2 is 0.885 bits per heavy atom. The average Bonchev–Trinajstić information content (AvgIpc) is 3.08. The number of hydrogen-bond donors (Lipinski definition) is 3. The monoisotopic (exact) mass is 780 g/mol. The Morgan fingerprint density at radius 1 is 0.519 bits per heavy atom. The van der Waals surface area contributed by atoms with Crippen LogP contribution in [-0.2, 0) is 37.0 Å². The zero-order valence-corrected chi connectivity index (χ0v) is 34.4. The molecule has 0 aliphatic rings. The zero-order valence-electron chi connectivity index (χ0n) is 32.6. The molecule has 0 amide bonds. The van der Waals surface area contributed by atoms with Gasteiger partial charge in [-0.2, -0.15) is 4.31 Å². The van der Waals surface area contributed by atoms with E-state index in [2.05, 4.69) is 47.0 Å². The van der Waals surface area contributed by atoms with Gasteiger partial charge >= 0.3 is 27.6 Å². The number of carbonyl (C=O) groups is 2. The number of unbranched alkanes of at least 4 members (excludes halogenated alkanes) is 22. The number of carbonyl (C=O) groups excluding carboxylic acids is 2. The van der Waals surface area contributed by atoms with Crippen LogP contribution in [0.25, 0.3) is 0 Å². The summed E-state index contributed by atoms with van der Waals surface area (Å²) in [6, 6.07) is 0. The highest BCUT2D eigenvalue weighted by atomic mass is 31.3. The van der Waals surface area contributed by atoms with E-state index in [0.717, 1.165) is 77.0 Å². The molecule has 0 aliphatic carbocycles. The van der Waals surface area contributed by atoms with Gasteiger partial charge in [0, 0.05) is 12.8 Å². The molecule has 0 radical (unpaired) electrons. The maximum atomic E-state index is 12.5. The van der Waals surface area contributed by atoms with E-state index in [9.17, 15) is 23.6 Å². The zero-order chi connectivity index (χ0) is 38.6. The van der Waals surface area contributed by atoms with Gasteiger partial charge in [0.1, 0.15) is 6.61 Å². The van der Waals surface area contributed by atoms with E-state index in [1.807, 2.05) is 0 Å². The molecule has 0 saturated heterocycles.